The second kappa shape index (κ2) is 4.52. The molecule has 0 fully saturated rings. The van der Waals surface area contributed by atoms with Gasteiger partial charge in [0, 0.05) is 25.3 Å². The molecule has 1 aromatic heterocycles. The average Bonchev–Trinajstić information content (AvgIpc) is 2.71. The lowest BCUT2D eigenvalue weighted by atomic mass is 10.2. The molecule has 0 saturated heterocycles. The summed E-state index contributed by atoms with van der Waals surface area (Å²) >= 11 is 0. The van der Waals surface area contributed by atoms with Crippen molar-refractivity contribution in [1.82, 2.24) is 4.98 Å². The predicted molar refractivity (Wildman–Crippen MR) is 68.0 cm³/mol. The molecule has 0 amide bonds. The van der Waals surface area contributed by atoms with Crippen LogP contribution in [0.25, 0.3) is 11.5 Å². The molecular formula is C13H14N2O3. The van der Waals surface area contributed by atoms with Crippen molar-refractivity contribution in [2.45, 2.75) is 6.92 Å². The quantitative estimate of drug-likeness (QED) is 0.900. The van der Waals surface area contributed by atoms with Gasteiger partial charge in [-0.3, -0.25) is 0 Å². The first kappa shape index (κ1) is 12.2. The highest BCUT2D eigenvalue weighted by molar-refractivity contribution is 5.86. The molecule has 1 heterocycles. The van der Waals surface area contributed by atoms with E-state index in [1.165, 1.54) is 0 Å². The molecule has 0 spiro atoms. The van der Waals surface area contributed by atoms with E-state index in [0.29, 0.717) is 11.6 Å². The molecule has 1 aromatic carbocycles. The fourth-order valence-corrected chi connectivity index (χ4v) is 1.64. The van der Waals surface area contributed by atoms with Crippen LogP contribution in [0.1, 0.15) is 16.2 Å². The van der Waals surface area contributed by atoms with Crippen LogP contribution in [0.4, 0.5) is 5.69 Å². The highest BCUT2D eigenvalue weighted by atomic mass is 16.4. The maximum atomic E-state index is 10.9. The van der Waals surface area contributed by atoms with Gasteiger partial charge >= 0.3 is 5.97 Å². The molecule has 0 bridgehead atoms. The highest BCUT2D eigenvalue weighted by Crippen LogP contribution is 2.25. The molecule has 2 aromatic rings. The van der Waals surface area contributed by atoms with Crippen molar-refractivity contribution in [3.8, 4) is 11.5 Å². The number of benzene rings is 1. The minimum atomic E-state index is -1.10. The first-order valence-corrected chi connectivity index (χ1v) is 5.47. The Morgan fingerprint density at radius 3 is 2.67 bits per heavy atom. The topological polar surface area (TPSA) is 66.6 Å². The van der Waals surface area contributed by atoms with Crippen molar-refractivity contribution in [1.29, 1.82) is 0 Å². The molecule has 0 unspecified atom stereocenters. The Labute approximate surface area is 105 Å². The summed E-state index contributed by atoms with van der Waals surface area (Å²) in [5.74, 6) is -0.885. The molecule has 0 aliphatic heterocycles. The summed E-state index contributed by atoms with van der Waals surface area (Å²) in [4.78, 5) is 17.0. The maximum absolute atomic E-state index is 10.9. The number of rotatable bonds is 3. The van der Waals surface area contributed by atoms with Gasteiger partial charge in [0.25, 0.3) is 0 Å². The summed E-state index contributed by atoms with van der Waals surface area (Å²) in [5, 5.41) is 8.93. The second-order valence-electron chi connectivity index (χ2n) is 4.18. The Bertz CT molecular complexity index is 588. The number of nitrogens with zero attached hydrogens (tertiary/aromatic N) is 2. The van der Waals surface area contributed by atoms with Crippen LogP contribution in [0, 0.1) is 6.92 Å². The van der Waals surface area contributed by atoms with Gasteiger partial charge in [-0.15, -0.1) is 0 Å². The predicted octanol–water partition coefficient (Wildman–Crippen LogP) is 2.41. The van der Waals surface area contributed by atoms with E-state index in [4.69, 9.17) is 9.52 Å². The van der Waals surface area contributed by atoms with Crippen LogP contribution in [-0.4, -0.2) is 30.2 Å². The zero-order chi connectivity index (χ0) is 13.3. The standard InChI is InChI=1S/C13H14N2O3/c1-8-11(13(16)17)18-12(14-8)9-5-4-6-10(7-9)15(2)3/h4-7H,1-3H3,(H,16,17). The van der Waals surface area contributed by atoms with Gasteiger partial charge in [-0.2, -0.15) is 0 Å². The van der Waals surface area contributed by atoms with E-state index in [1.54, 1.807) is 6.92 Å². The van der Waals surface area contributed by atoms with Gasteiger partial charge in [0.15, 0.2) is 0 Å². The number of aryl methyl sites for hydroxylation is 1. The monoisotopic (exact) mass is 246 g/mol. The van der Waals surface area contributed by atoms with Crippen molar-refractivity contribution in [2.75, 3.05) is 19.0 Å². The van der Waals surface area contributed by atoms with E-state index >= 15 is 0 Å². The van der Waals surface area contributed by atoms with Crippen LogP contribution in [-0.2, 0) is 0 Å². The molecule has 5 heteroatoms. The number of carboxylic acid groups (broad SMARTS) is 1. The van der Waals surface area contributed by atoms with Gasteiger partial charge in [0.2, 0.25) is 11.7 Å². The third-order valence-electron chi connectivity index (χ3n) is 2.60. The Morgan fingerprint density at radius 2 is 2.11 bits per heavy atom. The first-order chi connectivity index (χ1) is 8.49. The van der Waals surface area contributed by atoms with Crippen molar-refractivity contribution >= 4 is 11.7 Å². The fraction of sp³-hybridized carbons (Fsp3) is 0.231. The third kappa shape index (κ3) is 2.20. The van der Waals surface area contributed by atoms with Crippen molar-refractivity contribution in [3.05, 3.63) is 35.7 Å². The van der Waals surface area contributed by atoms with Gasteiger partial charge in [-0.05, 0) is 25.1 Å². The Balaban J connectivity index is 2.45. The summed E-state index contributed by atoms with van der Waals surface area (Å²) in [6.45, 7) is 1.62. The Morgan fingerprint density at radius 1 is 1.39 bits per heavy atom. The normalized spacial score (nSPS) is 10.4. The van der Waals surface area contributed by atoms with Gasteiger partial charge in [0.05, 0.1) is 5.69 Å². The number of carbonyl (C=O) groups is 1. The minimum Gasteiger partial charge on any atom is -0.475 e. The number of carboxylic acids is 1. The van der Waals surface area contributed by atoms with Gasteiger partial charge in [0.1, 0.15) is 0 Å². The molecule has 0 aliphatic rings. The van der Waals surface area contributed by atoms with Crippen molar-refractivity contribution in [2.24, 2.45) is 0 Å². The van der Waals surface area contributed by atoms with Crippen LogP contribution in [0.2, 0.25) is 0 Å². The smallest absolute Gasteiger partial charge is 0.373 e. The zero-order valence-corrected chi connectivity index (χ0v) is 10.5. The number of hydrogen-bond donors (Lipinski definition) is 1. The van der Waals surface area contributed by atoms with Crippen LogP contribution in [0.15, 0.2) is 28.7 Å². The second-order valence-corrected chi connectivity index (χ2v) is 4.18. The lowest BCUT2D eigenvalue weighted by Gasteiger charge is -2.12. The molecule has 94 valence electrons. The van der Waals surface area contributed by atoms with E-state index in [2.05, 4.69) is 4.98 Å². The van der Waals surface area contributed by atoms with Crippen LogP contribution in [0.3, 0.4) is 0 Å². The molecule has 2 rings (SSSR count). The third-order valence-corrected chi connectivity index (χ3v) is 2.60. The van der Waals surface area contributed by atoms with Crippen LogP contribution >= 0.6 is 0 Å². The van der Waals surface area contributed by atoms with E-state index < -0.39 is 5.97 Å². The summed E-state index contributed by atoms with van der Waals surface area (Å²) in [6.07, 6.45) is 0. The number of anilines is 1. The summed E-state index contributed by atoms with van der Waals surface area (Å²) in [6, 6.07) is 7.57. The number of oxazole rings is 1. The maximum Gasteiger partial charge on any atom is 0.373 e. The molecule has 0 aliphatic carbocycles. The van der Waals surface area contributed by atoms with Gasteiger partial charge in [-0.1, -0.05) is 6.07 Å². The fourth-order valence-electron chi connectivity index (χ4n) is 1.64. The van der Waals surface area contributed by atoms with Crippen molar-refractivity contribution in [3.63, 3.8) is 0 Å². The molecule has 1 N–H and O–H groups in total. The largest absolute Gasteiger partial charge is 0.475 e. The first-order valence-electron chi connectivity index (χ1n) is 5.47. The van der Waals surface area contributed by atoms with Crippen LogP contribution in [0.5, 0.6) is 0 Å². The lowest BCUT2D eigenvalue weighted by Crippen LogP contribution is -2.08. The van der Waals surface area contributed by atoms with Gasteiger partial charge < -0.3 is 14.4 Å². The van der Waals surface area contributed by atoms with E-state index in [0.717, 1.165) is 11.3 Å². The number of aromatic carboxylic acids is 1. The summed E-state index contributed by atoms with van der Waals surface area (Å²) < 4.78 is 5.27. The SMILES string of the molecule is Cc1nc(-c2cccc(N(C)C)c2)oc1C(=O)O. The molecular weight excluding hydrogens is 232 g/mol. The molecule has 0 saturated carbocycles. The Hall–Kier alpha value is -2.30. The Kier molecular flexibility index (Phi) is 3.06. The summed E-state index contributed by atoms with van der Waals surface area (Å²) in [5.41, 5.74) is 2.14. The van der Waals surface area contributed by atoms with Gasteiger partial charge in [-0.25, -0.2) is 9.78 Å². The molecule has 18 heavy (non-hydrogen) atoms. The lowest BCUT2D eigenvalue weighted by molar-refractivity contribution is 0.0662. The average molecular weight is 246 g/mol. The van der Waals surface area contributed by atoms with E-state index in [9.17, 15) is 4.79 Å². The van der Waals surface area contributed by atoms with Crippen LogP contribution < -0.4 is 4.90 Å². The van der Waals surface area contributed by atoms with E-state index in [1.807, 2.05) is 43.3 Å². The molecule has 5 nitrogen and oxygen atoms in total. The highest BCUT2D eigenvalue weighted by Gasteiger charge is 2.17. The zero-order valence-electron chi connectivity index (χ0n) is 10.5. The van der Waals surface area contributed by atoms with E-state index in [-0.39, 0.29) is 5.76 Å². The summed E-state index contributed by atoms with van der Waals surface area (Å²) in [7, 11) is 3.87. The minimum absolute atomic E-state index is 0.111. The number of hydrogen-bond acceptors (Lipinski definition) is 4. The molecule has 0 atom stereocenters. The molecule has 0 radical (unpaired) electrons. The number of aromatic nitrogens is 1. The van der Waals surface area contributed by atoms with Crippen molar-refractivity contribution < 1.29 is 14.3 Å².